The molecule has 0 atom stereocenters. The minimum atomic E-state index is -3.86. The lowest BCUT2D eigenvalue weighted by Gasteiger charge is -2.43. The van der Waals surface area contributed by atoms with E-state index >= 15 is 0 Å². The van der Waals surface area contributed by atoms with Crippen molar-refractivity contribution >= 4 is 16.2 Å². The van der Waals surface area contributed by atoms with Crippen molar-refractivity contribution in [2.24, 2.45) is 5.41 Å². The summed E-state index contributed by atoms with van der Waals surface area (Å²) in [5.74, 6) is 0. The predicted octanol–water partition coefficient (Wildman–Crippen LogP) is 3.72. The highest BCUT2D eigenvalue weighted by Crippen LogP contribution is 2.37. The number of ether oxygens (including phenoxy) is 1. The number of benzene rings is 2. The van der Waals surface area contributed by atoms with Gasteiger partial charge in [-0.3, -0.25) is 0 Å². The second-order valence-corrected chi connectivity index (χ2v) is 9.52. The Hall–Kier alpha value is -2.42. The van der Waals surface area contributed by atoms with E-state index in [-0.39, 0.29) is 16.4 Å². The Morgan fingerprint density at radius 2 is 1.61 bits per heavy atom. The molecule has 7 nitrogen and oxygen atoms in total. The van der Waals surface area contributed by atoms with Crippen LogP contribution in [0.15, 0.2) is 65.6 Å². The van der Waals surface area contributed by atoms with E-state index in [0.717, 1.165) is 6.42 Å². The zero-order chi connectivity index (χ0) is 22.3. The third-order valence-electron chi connectivity index (χ3n) is 5.59. The second kappa shape index (κ2) is 10.3. The van der Waals surface area contributed by atoms with E-state index in [9.17, 15) is 13.2 Å². The first-order valence-electron chi connectivity index (χ1n) is 10.5. The Kier molecular flexibility index (Phi) is 7.69. The Morgan fingerprint density at radius 3 is 2.19 bits per heavy atom. The SMILES string of the molecule is CCOC(=O)N(C)CC1(Cc2ccccc2)CCN(OS(=O)(=O)c2ccccc2)CC1. The summed E-state index contributed by atoms with van der Waals surface area (Å²) >= 11 is 0. The number of hydrogen-bond acceptors (Lipinski definition) is 6. The zero-order valence-corrected chi connectivity index (χ0v) is 18.9. The van der Waals surface area contributed by atoms with E-state index < -0.39 is 10.1 Å². The largest absolute Gasteiger partial charge is 0.450 e. The van der Waals surface area contributed by atoms with Gasteiger partial charge < -0.3 is 9.64 Å². The topological polar surface area (TPSA) is 76.2 Å². The van der Waals surface area contributed by atoms with Gasteiger partial charge in [0, 0.05) is 26.7 Å². The number of piperidine rings is 1. The van der Waals surface area contributed by atoms with Crippen LogP contribution >= 0.6 is 0 Å². The summed E-state index contributed by atoms with van der Waals surface area (Å²) < 4.78 is 35.7. The van der Waals surface area contributed by atoms with Gasteiger partial charge in [-0.2, -0.15) is 17.8 Å². The lowest BCUT2D eigenvalue weighted by molar-refractivity contribution is -0.0960. The number of hydroxylamine groups is 2. The van der Waals surface area contributed by atoms with E-state index in [0.29, 0.717) is 39.1 Å². The highest BCUT2D eigenvalue weighted by molar-refractivity contribution is 7.86. The van der Waals surface area contributed by atoms with E-state index in [1.165, 1.54) is 22.8 Å². The summed E-state index contributed by atoms with van der Waals surface area (Å²) in [6.07, 6.45) is 1.82. The van der Waals surface area contributed by atoms with Gasteiger partial charge in [0.1, 0.15) is 0 Å². The number of rotatable bonds is 8. The minimum absolute atomic E-state index is 0.137. The summed E-state index contributed by atoms with van der Waals surface area (Å²) in [5.41, 5.74) is 0.991. The van der Waals surface area contributed by atoms with Gasteiger partial charge in [-0.05, 0) is 49.3 Å². The third-order valence-corrected chi connectivity index (χ3v) is 6.85. The van der Waals surface area contributed by atoms with Gasteiger partial charge in [-0.15, -0.1) is 0 Å². The molecular weight excluding hydrogens is 416 g/mol. The van der Waals surface area contributed by atoms with E-state index in [2.05, 4.69) is 12.1 Å². The lowest BCUT2D eigenvalue weighted by Crippen LogP contribution is -2.48. The Bertz CT molecular complexity index is 942. The van der Waals surface area contributed by atoms with Gasteiger partial charge >= 0.3 is 16.2 Å². The van der Waals surface area contributed by atoms with Crippen LogP contribution in [-0.2, 0) is 25.6 Å². The molecular formula is C23H30N2O5S. The maximum atomic E-state index is 12.6. The molecule has 1 aliphatic heterocycles. The van der Waals surface area contributed by atoms with Gasteiger partial charge in [0.2, 0.25) is 0 Å². The molecule has 1 amide bonds. The summed E-state index contributed by atoms with van der Waals surface area (Å²) in [6, 6.07) is 18.3. The first-order chi connectivity index (χ1) is 14.8. The fraction of sp³-hybridized carbons (Fsp3) is 0.435. The Balaban J connectivity index is 1.71. The molecule has 3 rings (SSSR count). The van der Waals surface area contributed by atoms with Crippen LogP contribution in [0.4, 0.5) is 4.79 Å². The number of hydrogen-bond donors (Lipinski definition) is 0. The van der Waals surface area contributed by atoms with Gasteiger partial charge in [0.25, 0.3) is 0 Å². The van der Waals surface area contributed by atoms with Crippen molar-refractivity contribution in [2.75, 3.05) is 33.3 Å². The Morgan fingerprint density at radius 1 is 1.03 bits per heavy atom. The molecule has 0 aromatic heterocycles. The second-order valence-electron chi connectivity index (χ2n) is 7.99. The highest BCUT2D eigenvalue weighted by Gasteiger charge is 2.38. The van der Waals surface area contributed by atoms with E-state index in [1.54, 1.807) is 37.1 Å². The Labute approximate surface area is 184 Å². The molecule has 1 heterocycles. The van der Waals surface area contributed by atoms with Crippen molar-refractivity contribution in [3.8, 4) is 0 Å². The van der Waals surface area contributed by atoms with Crippen molar-refractivity contribution < 1.29 is 22.2 Å². The number of amides is 1. The minimum Gasteiger partial charge on any atom is -0.450 e. The predicted molar refractivity (Wildman–Crippen MR) is 118 cm³/mol. The van der Waals surface area contributed by atoms with E-state index in [1.807, 2.05) is 18.2 Å². The van der Waals surface area contributed by atoms with Crippen LogP contribution in [0, 0.1) is 5.41 Å². The molecule has 0 bridgehead atoms. The monoisotopic (exact) mass is 446 g/mol. The fourth-order valence-corrected chi connectivity index (χ4v) is 5.03. The third kappa shape index (κ3) is 6.29. The molecule has 0 radical (unpaired) electrons. The van der Waals surface area contributed by atoms with Crippen molar-refractivity contribution in [2.45, 2.75) is 31.1 Å². The van der Waals surface area contributed by atoms with E-state index in [4.69, 9.17) is 9.02 Å². The quantitative estimate of drug-likeness (QED) is 0.615. The molecule has 0 saturated carbocycles. The molecule has 0 N–H and O–H groups in total. The maximum absolute atomic E-state index is 12.6. The molecule has 1 saturated heterocycles. The van der Waals surface area contributed by atoms with Crippen molar-refractivity contribution in [3.63, 3.8) is 0 Å². The molecule has 2 aromatic carbocycles. The molecule has 1 aliphatic rings. The fourth-order valence-electron chi connectivity index (χ4n) is 4.03. The van der Waals surface area contributed by atoms with Crippen LogP contribution in [0.3, 0.4) is 0 Å². The van der Waals surface area contributed by atoms with Gasteiger partial charge in [-0.25, -0.2) is 4.79 Å². The van der Waals surface area contributed by atoms with Crippen LogP contribution in [0.25, 0.3) is 0 Å². The number of nitrogens with zero attached hydrogens (tertiary/aromatic N) is 2. The average Bonchev–Trinajstić information content (AvgIpc) is 2.77. The normalized spacial score (nSPS) is 16.6. The van der Waals surface area contributed by atoms with Crippen LogP contribution in [0.1, 0.15) is 25.3 Å². The van der Waals surface area contributed by atoms with Crippen molar-refractivity contribution in [3.05, 3.63) is 66.2 Å². The van der Waals surface area contributed by atoms with Crippen molar-refractivity contribution in [1.82, 2.24) is 9.96 Å². The smallest absolute Gasteiger partial charge is 0.409 e. The summed E-state index contributed by atoms with van der Waals surface area (Å²) in [4.78, 5) is 14.0. The summed E-state index contributed by atoms with van der Waals surface area (Å²) in [7, 11) is -2.11. The molecule has 1 fully saturated rings. The number of carbonyl (C=O) groups is 1. The van der Waals surface area contributed by atoms with Crippen LogP contribution in [0.5, 0.6) is 0 Å². The van der Waals surface area contributed by atoms with Crippen molar-refractivity contribution in [1.29, 1.82) is 0 Å². The number of carbonyl (C=O) groups excluding carboxylic acids is 1. The van der Waals surface area contributed by atoms with Crippen LogP contribution < -0.4 is 0 Å². The summed E-state index contributed by atoms with van der Waals surface area (Å²) in [6.45, 7) is 3.55. The van der Waals surface area contributed by atoms with Crippen LogP contribution in [0.2, 0.25) is 0 Å². The molecule has 8 heteroatoms. The molecule has 2 aromatic rings. The molecule has 31 heavy (non-hydrogen) atoms. The zero-order valence-electron chi connectivity index (χ0n) is 18.1. The molecule has 168 valence electrons. The standard InChI is InChI=1S/C23H30N2O5S/c1-3-29-22(26)24(2)19-23(18-20-10-6-4-7-11-20)14-16-25(17-15-23)30-31(27,28)21-12-8-5-9-13-21/h4-13H,3,14-19H2,1-2H3. The lowest BCUT2D eigenvalue weighted by atomic mass is 9.73. The molecule has 0 unspecified atom stereocenters. The molecule has 0 spiro atoms. The highest BCUT2D eigenvalue weighted by atomic mass is 32.2. The van der Waals surface area contributed by atoms with Crippen LogP contribution in [-0.4, -0.2) is 57.8 Å². The average molecular weight is 447 g/mol. The molecule has 0 aliphatic carbocycles. The van der Waals surface area contributed by atoms with Gasteiger partial charge in [0.05, 0.1) is 11.5 Å². The maximum Gasteiger partial charge on any atom is 0.409 e. The first-order valence-corrected chi connectivity index (χ1v) is 11.9. The first kappa shape index (κ1) is 23.2. The van der Waals surface area contributed by atoms with Gasteiger partial charge in [0.15, 0.2) is 0 Å². The van der Waals surface area contributed by atoms with Gasteiger partial charge in [-0.1, -0.05) is 48.5 Å². The summed E-state index contributed by atoms with van der Waals surface area (Å²) in [5, 5.41) is 1.51.